The van der Waals surface area contributed by atoms with Crippen LogP contribution >= 0.6 is 0 Å². The fraction of sp³-hybridized carbons (Fsp3) is 0.0444. The van der Waals surface area contributed by atoms with Crippen molar-refractivity contribution in [1.29, 1.82) is 0 Å². The summed E-state index contributed by atoms with van der Waals surface area (Å²) in [6.07, 6.45) is 9.01. The fourth-order valence-electron chi connectivity index (χ4n) is 7.67. The van der Waals surface area contributed by atoms with Crippen molar-refractivity contribution < 1.29 is 0 Å². The Morgan fingerprint density at radius 3 is 1.80 bits per heavy atom. The summed E-state index contributed by atoms with van der Waals surface area (Å²) in [6.45, 7) is 0. The van der Waals surface area contributed by atoms with E-state index in [9.17, 15) is 0 Å². The molecule has 5 heteroatoms. The summed E-state index contributed by atoms with van der Waals surface area (Å²) in [4.78, 5) is 17.7. The molecule has 2 atom stereocenters. The normalized spacial score (nSPS) is 16.2. The van der Waals surface area contributed by atoms with Gasteiger partial charge in [-0.3, -0.25) is 4.57 Å². The molecule has 2 aliphatic rings. The van der Waals surface area contributed by atoms with Gasteiger partial charge in [0.15, 0.2) is 11.6 Å². The van der Waals surface area contributed by atoms with E-state index in [-0.39, 0.29) is 12.0 Å². The van der Waals surface area contributed by atoms with Crippen LogP contribution < -0.4 is 4.90 Å². The predicted molar refractivity (Wildman–Crippen MR) is 204 cm³/mol. The van der Waals surface area contributed by atoms with Crippen LogP contribution in [0.15, 0.2) is 176 Å². The molecule has 0 N–H and O–H groups in total. The first-order valence-corrected chi connectivity index (χ1v) is 17.0. The van der Waals surface area contributed by atoms with E-state index >= 15 is 0 Å². The van der Waals surface area contributed by atoms with Crippen molar-refractivity contribution in [2.24, 2.45) is 0 Å². The first kappa shape index (κ1) is 28.4. The zero-order chi connectivity index (χ0) is 33.0. The second-order valence-corrected chi connectivity index (χ2v) is 12.9. The van der Waals surface area contributed by atoms with Crippen LogP contribution in [0, 0.1) is 0 Å². The molecule has 1 aliphatic carbocycles. The minimum absolute atomic E-state index is 0.249. The van der Waals surface area contributed by atoms with E-state index in [1.807, 2.05) is 60.7 Å². The average molecular weight is 642 g/mol. The zero-order valence-corrected chi connectivity index (χ0v) is 27.1. The second kappa shape index (κ2) is 11.5. The smallest absolute Gasteiger partial charge is 0.238 e. The van der Waals surface area contributed by atoms with Crippen LogP contribution in [0.4, 0.5) is 11.4 Å². The van der Waals surface area contributed by atoms with E-state index in [0.717, 1.165) is 38.5 Å². The van der Waals surface area contributed by atoms with E-state index in [1.54, 1.807) is 0 Å². The van der Waals surface area contributed by atoms with Gasteiger partial charge >= 0.3 is 0 Å². The van der Waals surface area contributed by atoms with Crippen molar-refractivity contribution in [2.75, 3.05) is 4.90 Å². The lowest BCUT2D eigenvalue weighted by molar-refractivity contribution is 0.745. The van der Waals surface area contributed by atoms with Crippen molar-refractivity contribution in [3.8, 4) is 39.9 Å². The highest BCUT2D eigenvalue weighted by Crippen LogP contribution is 2.49. The minimum Gasteiger partial charge on any atom is -0.333 e. The highest BCUT2D eigenvalue weighted by molar-refractivity contribution is 6.10. The van der Waals surface area contributed by atoms with E-state index in [1.165, 1.54) is 22.5 Å². The van der Waals surface area contributed by atoms with E-state index < -0.39 is 0 Å². The average Bonchev–Trinajstić information content (AvgIpc) is 3.71. The molecule has 0 amide bonds. The third-order valence-electron chi connectivity index (χ3n) is 9.98. The molecular formula is C45H31N5. The van der Waals surface area contributed by atoms with Crippen molar-refractivity contribution in [1.82, 2.24) is 19.5 Å². The van der Waals surface area contributed by atoms with E-state index in [2.05, 4.69) is 125 Å². The maximum absolute atomic E-state index is 5.13. The number of benzene rings is 6. The summed E-state index contributed by atoms with van der Waals surface area (Å²) in [6, 6.07) is 53.5. The Hall–Kier alpha value is -6.59. The Bertz CT molecular complexity index is 2550. The van der Waals surface area contributed by atoms with Crippen LogP contribution in [0.5, 0.6) is 0 Å². The molecule has 1 aliphatic heterocycles. The van der Waals surface area contributed by atoms with Gasteiger partial charge in [-0.15, -0.1) is 0 Å². The lowest BCUT2D eigenvalue weighted by atomic mass is 9.89. The van der Waals surface area contributed by atoms with Gasteiger partial charge in [0.2, 0.25) is 5.95 Å². The summed E-state index contributed by atoms with van der Waals surface area (Å²) >= 11 is 0. The standard InChI is InChI=1S/C45H31N5/c1-4-14-30(15-5-1)43-46-44(31-16-6-2-7-17-31)48-45(47-43)50-40-23-13-10-20-35(40)37-26-24-33(29-42(37)50)32-25-27-41-38(28-32)36-21-11-12-22-39(36)49(41)34-18-8-3-9-19-34/h1-29,36,39H. The van der Waals surface area contributed by atoms with Crippen molar-refractivity contribution >= 4 is 33.2 Å². The fourth-order valence-corrected chi connectivity index (χ4v) is 7.67. The molecule has 2 aromatic heterocycles. The molecular weight excluding hydrogens is 611 g/mol. The summed E-state index contributed by atoms with van der Waals surface area (Å²) in [7, 11) is 0. The third kappa shape index (κ3) is 4.59. The molecule has 0 spiro atoms. The largest absolute Gasteiger partial charge is 0.333 e. The molecule has 0 saturated heterocycles. The Kier molecular flexibility index (Phi) is 6.56. The van der Waals surface area contributed by atoms with Crippen LogP contribution in [0.3, 0.4) is 0 Å². The van der Waals surface area contributed by atoms with E-state index in [4.69, 9.17) is 15.0 Å². The SMILES string of the molecule is C1=CC2c3cc(-c4ccc5c6ccccc6n(-c6nc(-c7ccccc7)nc(-c7ccccc7)n6)c5c4)ccc3N(c3ccccc3)C2C=C1. The van der Waals surface area contributed by atoms with Crippen LogP contribution in [-0.2, 0) is 0 Å². The van der Waals surface area contributed by atoms with Gasteiger partial charge in [-0.05, 0) is 53.1 Å². The predicted octanol–water partition coefficient (Wildman–Crippen LogP) is 10.7. The molecule has 0 fully saturated rings. The van der Waals surface area contributed by atoms with Gasteiger partial charge in [-0.2, -0.15) is 9.97 Å². The Morgan fingerprint density at radius 2 is 1.06 bits per heavy atom. The van der Waals surface area contributed by atoms with Gasteiger partial charge in [-0.1, -0.05) is 140 Å². The first-order valence-electron chi connectivity index (χ1n) is 17.0. The number of hydrogen-bond acceptors (Lipinski definition) is 4. The molecule has 0 bridgehead atoms. The van der Waals surface area contributed by atoms with Gasteiger partial charge < -0.3 is 4.90 Å². The second-order valence-electron chi connectivity index (χ2n) is 12.9. The molecule has 10 rings (SSSR count). The number of hydrogen-bond donors (Lipinski definition) is 0. The molecule has 0 saturated carbocycles. The quantitative estimate of drug-likeness (QED) is 0.188. The molecule has 236 valence electrons. The minimum atomic E-state index is 0.249. The number of nitrogens with zero attached hydrogens (tertiary/aromatic N) is 5. The van der Waals surface area contributed by atoms with Crippen LogP contribution in [0.2, 0.25) is 0 Å². The molecule has 0 radical (unpaired) electrons. The lowest BCUT2D eigenvalue weighted by Crippen LogP contribution is -2.28. The summed E-state index contributed by atoms with van der Waals surface area (Å²) in [5, 5.41) is 2.32. The van der Waals surface area contributed by atoms with Crippen LogP contribution in [0.1, 0.15) is 11.5 Å². The van der Waals surface area contributed by atoms with Crippen LogP contribution in [-0.4, -0.2) is 25.6 Å². The van der Waals surface area contributed by atoms with E-state index in [0.29, 0.717) is 17.6 Å². The Balaban J connectivity index is 1.16. The third-order valence-corrected chi connectivity index (χ3v) is 9.98. The first-order chi connectivity index (χ1) is 24.8. The molecule has 50 heavy (non-hydrogen) atoms. The topological polar surface area (TPSA) is 46.8 Å². The molecule has 8 aromatic rings. The number of allylic oxidation sites excluding steroid dienone is 2. The van der Waals surface area contributed by atoms with Gasteiger partial charge in [0.1, 0.15) is 0 Å². The monoisotopic (exact) mass is 641 g/mol. The highest BCUT2D eigenvalue weighted by atomic mass is 15.2. The maximum atomic E-state index is 5.13. The summed E-state index contributed by atoms with van der Waals surface area (Å²) in [5.41, 5.74) is 10.1. The number of aromatic nitrogens is 4. The number of fused-ring (bicyclic) bond motifs is 6. The maximum Gasteiger partial charge on any atom is 0.238 e. The highest BCUT2D eigenvalue weighted by Gasteiger charge is 2.37. The Labute approximate surface area is 290 Å². The van der Waals surface area contributed by atoms with Gasteiger partial charge in [0.05, 0.1) is 17.1 Å². The number of para-hydroxylation sites is 2. The van der Waals surface area contributed by atoms with Crippen molar-refractivity contribution in [3.63, 3.8) is 0 Å². The lowest BCUT2D eigenvalue weighted by Gasteiger charge is -2.28. The van der Waals surface area contributed by atoms with Crippen molar-refractivity contribution in [2.45, 2.75) is 12.0 Å². The van der Waals surface area contributed by atoms with Crippen LogP contribution in [0.25, 0.3) is 61.7 Å². The number of anilines is 2. The summed E-state index contributed by atoms with van der Waals surface area (Å²) < 4.78 is 2.20. The molecule has 6 aromatic carbocycles. The van der Waals surface area contributed by atoms with Crippen molar-refractivity contribution in [3.05, 3.63) is 182 Å². The number of rotatable bonds is 5. The molecule has 2 unspecified atom stereocenters. The van der Waals surface area contributed by atoms with Gasteiger partial charge in [-0.25, -0.2) is 4.98 Å². The van der Waals surface area contributed by atoms with Gasteiger partial charge in [0, 0.05) is 39.2 Å². The van der Waals surface area contributed by atoms with Gasteiger partial charge in [0.25, 0.3) is 0 Å². The molecule has 5 nitrogen and oxygen atoms in total. The Morgan fingerprint density at radius 1 is 0.460 bits per heavy atom. The molecule has 3 heterocycles. The summed E-state index contributed by atoms with van der Waals surface area (Å²) in [5.74, 6) is 2.16. The zero-order valence-electron chi connectivity index (χ0n) is 27.1.